The Morgan fingerprint density at radius 3 is 2.58 bits per heavy atom. The van der Waals surface area contributed by atoms with E-state index in [9.17, 15) is 5.11 Å². The van der Waals surface area contributed by atoms with E-state index in [1.54, 1.807) is 12.7 Å². The molecule has 1 aliphatic carbocycles. The molecule has 2 rings (SSSR count). The maximum atomic E-state index is 9.88. The topological polar surface area (TPSA) is 50.9 Å². The predicted octanol–water partition coefficient (Wildman–Crippen LogP) is 0.439. The zero-order valence-corrected chi connectivity index (χ0v) is 7.14. The smallest absolute Gasteiger partial charge is 0.119 e. The highest BCUT2D eigenvalue weighted by Gasteiger charge is 2.40. The maximum absolute atomic E-state index is 9.88. The minimum atomic E-state index is -0.498. The summed E-state index contributed by atoms with van der Waals surface area (Å²) in [7, 11) is 0. The summed E-state index contributed by atoms with van der Waals surface area (Å²) in [5.74, 6) is 0.659. The summed E-state index contributed by atoms with van der Waals surface area (Å²) in [4.78, 5) is 0. The van der Waals surface area contributed by atoms with Gasteiger partial charge in [-0.1, -0.05) is 6.92 Å². The minimum Gasteiger partial charge on any atom is -0.388 e. The van der Waals surface area contributed by atoms with Gasteiger partial charge in [0, 0.05) is 0 Å². The quantitative estimate of drug-likeness (QED) is 0.695. The minimum absolute atomic E-state index is 0.498. The number of rotatable bonds is 2. The Kier molecular flexibility index (Phi) is 1.65. The van der Waals surface area contributed by atoms with Crippen LogP contribution in [0.5, 0.6) is 0 Å². The van der Waals surface area contributed by atoms with Crippen LogP contribution in [0.3, 0.4) is 0 Å². The Morgan fingerprint density at radius 2 is 2.08 bits per heavy atom. The van der Waals surface area contributed by atoms with Gasteiger partial charge in [0.05, 0.1) is 12.1 Å². The van der Waals surface area contributed by atoms with Crippen molar-refractivity contribution in [1.82, 2.24) is 14.8 Å². The van der Waals surface area contributed by atoms with Crippen LogP contribution in [0.4, 0.5) is 0 Å². The molecule has 12 heavy (non-hydrogen) atoms. The predicted molar refractivity (Wildman–Crippen MR) is 43.4 cm³/mol. The van der Waals surface area contributed by atoms with Gasteiger partial charge in [0.2, 0.25) is 0 Å². The van der Waals surface area contributed by atoms with Gasteiger partial charge >= 0.3 is 0 Å². The number of hydrogen-bond donors (Lipinski definition) is 1. The second-order valence-corrected chi connectivity index (χ2v) is 3.87. The SMILES string of the molecule is CC1CC(O)(Cn2cnnc2)C1. The van der Waals surface area contributed by atoms with Crippen LogP contribution in [-0.4, -0.2) is 25.5 Å². The largest absolute Gasteiger partial charge is 0.388 e. The molecule has 0 spiro atoms. The molecule has 1 aromatic heterocycles. The van der Waals surface area contributed by atoms with Crippen LogP contribution in [0.25, 0.3) is 0 Å². The first-order valence-corrected chi connectivity index (χ1v) is 4.23. The maximum Gasteiger partial charge on any atom is 0.119 e. The Morgan fingerprint density at radius 1 is 1.50 bits per heavy atom. The molecule has 4 nitrogen and oxygen atoms in total. The van der Waals surface area contributed by atoms with Crippen LogP contribution in [0.2, 0.25) is 0 Å². The van der Waals surface area contributed by atoms with Crippen molar-refractivity contribution in [2.75, 3.05) is 0 Å². The molecule has 0 saturated heterocycles. The fraction of sp³-hybridized carbons (Fsp3) is 0.750. The lowest BCUT2D eigenvalue weighted by Crippen LogP contribution is -2.45. The van der Waals surface area contributed by atoms with E-state index < -0.39 is 5.60 Å². The average Bonchev–Trinajstić information content (AvgIpc) is 2.36. The molecule has 0 aliphatic heterocycles. The zero-order valence-electron chi connectivity index (χ0n) is 7.14. The highest BCUT2D eigenvalue weighted by atomic mass is 16.3. The fourth-order valence-corrected chi connectivity index (χ4v) is 2.01. The number of nitrogens with zero attached hydrogens (tertiary/aromatic N) is 3. The molecule has 1 saturated carbocycles. The van der Waals surface area contributed by atoms with Crippen LogP contribution in [0.1, 0.15) is 19.8 Å². The lowest BCUT2D eigenvalue weighted by atomic mass is 9.72. The first-order chi connectivity index (χ1) is 5.68. The summed E-state index contributed by atoms with van der Waals surface area (Å²) in [6.07, 6.45) is 5.07. The van der Waals surface area contributed by atoms with E-state index in [1.807, 2.05) is 4.57 Å². The highest BCUT2D eigenvalue weighted by Crippen LogP contribution is 2.38. The van der Waals surface area contributed by atoms with Crippen molar-refractivity contribution in [3.63, 3.8) is 0 Å². The van der Waals surface area contributed by atoms with Gasteiger partial charge in [-0.3, -0.25) is 0 Å². The Hall–Kier alpha value is -0.900. The van der Waals surface area contributed by atoms with Gasteiger partial charge < -0.3 is 9.67 Å². The number of aromatic nitrogens is 3. The molecule has 0 unspecified atom stereocenters. The molecular formula is C8H13N3O. The second-order valence-electron chi connectivity index (χ2n) is 3.87. The molecule has 0 radical (unpaired) electrons. The van der Waals surface area contributed by atoms with Crippen molar-refractivity contribution in [2.24, 2.45) is 5.92 Å². The summed E-state index contributed by atoms with van der Waals surface area (Å²) in [6.45, 7) is 2.78. The van der Waals surface area contributed by atoms with Crippen LogP contribution in [0.15, 0.2) is 12.7 Å². The molecule has 0 amide bonds. The summed E-state index contributed by atoms with van der Waals surface area (Å²) >= 11 is 0. The Bertz CT molecular complexity index is 251. The lowest BCUT2D eigenvalue weighted by molar-refractivity contribution is -0.0799. The fourth-order valence-electron chi connectivity index (χ4n) is 2.01. The van der Waals surface area contributed by atoms with Crippen LogP contribution in [-0.2, 0) is 6.54 Å². The molecular weight excluding hydrogens is 154 g/mol. The number of hydrogen-bond acceptors (Lipinski definition) is 3. The highest BCUT2D eigenvalue weighted by molar-refractivity contribution is 4.92. The molecule has 66 valence electrons. The van der Waals surface area contributed by atoms with Crippen molar-refractivity contribution >= 4 is 0 Å². The van der Waals surface area contributed by atoms with Crippen molar-refractivity contribution in [2.45, 2.75) is 31.9 Å². The van der Waals surface area contributed by atoms with E-state index in [4.69, 9.17) is 0 Å². The summed E-state index contributed by atoms with van der Waals surface area (Å²) < 4.78 is 1.83. The standard InChI is InChI=1S/C8H13N3O/c1-7-2-8(12,3-7)4-11-5-9-10-6-11/h5-7,12H,2-4H2,1H3. The van der Waals surface area contributed by atoms with E-state index in [2.05, 4.69) is 17.1 Å². The molecule has 0 atom stereocenters. The van der Waals surface area contributed by atoms with Crippen molar-refractivity contribution in [3.05, 3.63) is 12.7 Å². The number of aliphatic hydroxyl groups is 1. The van der Waals surface area contributed by atoms with Crippen LogP contribution < -0.4 is 0 Å². The molecule has 1 aliphatic rings. The summed E-state index contributed by atoms with van der Waals surface area (Å²) in [5, 5.41) is 17.2. The summed E-state index contributed by atoms with van der Waals surface area (Å²) in [6, 6.07) is 0. The van der Waals surface area contributed by atoms with Gasteiger partial charge in [-0.05, 0) is 18.8 Å². The monoisotopic (exact) mass is 167 g/mol. The molecule has 0 bridgehead atoms. The van der Waals surface area contributed by atoms with Gasteiger partial charge in [0.25, 0.3) is 0 Å². The first-order valence-electron chi connectivity index (χ1n) is 4.23. The Labute approximate surface area is 71.2 Å². The van der Waals surface area contributed by atoms with Gasteiger partial charge in [-0.15, -0.1) is 10.2 Å². The van der Waals surface area contributed by atoms with Crippen molar-refractivity contribution in [1.29, 1.82) is 0 Å². The lowest BCUT2D eigenvalue weighted by Gasteiger charge is -2.42. The zero-order chi connectivity index (χ0) is 8.60. The summed E-state index contributed by atoms with van der Waals surface area (Å²) in [5.41, 5.74) is -0.498. The second kappa shape index (κ2) is 2.55. The van der Waals surface area contributed by atoms with Crippen molar-refractivity contribution in [3.8, 4) is 0 Å². The van der Waals surface area contributed by atoms with Crippen LogP contribution in [0, 0.1) is 5.92 Å². The first kappa shape index (κ1) is 7.73. The molecule has 1 heterocycles. The van der Waals surface area contributed by atoms with Crippen LogP contribution >= 0.6 is 0 Å². The van der Waals surface area contributed by atoms with E-state index in [0.717, 1.165) is 12.8 Å². The molecule has 1 aromatic rings. The normalized spacial score (nSPS) is 34.7. The molecule has 1 fully saturated rings. The third-order valence-electron chi connectivity index (χ3n) is 2.40. The molecule has 1 N–H and O–H groups in total. The third-order valence-corrected chi connectivity index (χ3v) is 2.40. The molecule has 4 heteroatoms. The van der Waals surface area contributed by atoms with E-state index >= 15 is 0 Å². The van der Waals surface area contributed by atoms with Gasteiger partial charge in [0.15, 0.2) is 0 Å². The van der Waals surface area contributed by atoms with E-state index in [-0.39, 0.29) is 0 Å². The van der Waals surface area contributed by atoms with Gasteiger partial charge in [0.1, 0.15) is 12.7 Å². The molecule has 0 aromatic carbocycles. The Balaban J connectivity index is 1.96. The van der Waals surface area contributed by atoms with E-state index in [1.165, 1.54) is 0 Å². The van der Waals surface area contributed by atoms with E-state index in [0.29, 0.717) is 12.5 Å². The van der Waals surface area contributed by atoms with Gasteiger partial charge in [-0.25, -0.2) is 0 Å². The van der Waals surface area contributed by atoms with Crippen molar-refractivity contribution < 1.29 is 5.11 Å². The van der Waals surface area contributed by atoms with Gasteiger partial charge in [-0.2, -0.15) is 0 Å². The third kappa shape index (κ3) is 1.34. The average molecular weight is 167 g/mol.